The van der Waals surface area contributed by atoms with E-state index in [0.717, 1.165) is 54.1 Å². The second-order valence-electron chi connectivity index (χ2n) is 9.61. The van der Waals surface area contributed by atoms with E-state index in [2.05, 4.69) is 20.3 Å². The summed E-state index contributed by atoms with van der Waals surface area (Å²) in [5, 5.41) is 12.2. The smallest absolute Gasteiger partial charge is 0.254 e. The lowest BCUT2D eigenvalue weighted by atomic mass is 10.0. The summed E-state index contributed by atoms with van der Waals surface area (Å²) < 4.78 is 5.37. The predicted octanol–water partition coefficient (Wildman–Crippen LogP) is 2.66. The Balaban J connectivity index is 0.000000257. The first-order valence-electron chi connectivity index (χ1n) is 12.8. The van der Waals surface area contributed by atoms with Crippen molar-refractivity contribution in [3.8, 4) is 11.3 Å². The van der Waals surface area contributed by atoms with Crippen LogP contribution in [0.1, 0.15) is 52.9 Å². The van der Waals surface area contributed by atoms with E-state index in [1.807, 2.05) is 50.2 Å². The molecule has 200 valence electrons. The molecular weight excluding hydrogens is 484 g/mol. The number of hydrogen-bond donors (Lipinski definition) is 3. The van der Waals surface area contributed by atoms with Gasteiger partial charge in [0.25, 0.3) is 5.91 Å². The molecule has 1 aromatic carbocycles. The Morgan fingerprint density at radius 1 is 1.18 bits per heavy atom. The maximum absolute atomic E-state index is 12.5. The summed E-state index contributed by atoms with van der Waals surface area (Å²) in [5.41, 5.74) is 10.4. The fourth-order valence-electron chi connectivity index (χ4n) is 4.43. The van der Waals surface area contributed by atoms with Gasteiger partial charge in [0.2, 0.25) is 11.9 Å². The number of fused-ring (bicyclic) bond motifs is 1. The normalized spacial score (nSPS) is 15.9. The van der Waals surface area contributed by atoms with Gasteiger partial charge < -0.3 is 25.8 Å². The molecule has 10 heteroatoms. The third kappa shape index (κ3) is 6.90. The molecule has 1 unspecified atom stereocenters. The van der Waals surface area contributed by atoms with E-state index >= 15 is 0 Å². The van der Waals surface area contributed by atoms with Gasteiger partial charge in [0.15, 0.2) is 0 Å². The van der Waals surface area contributed by atoms with Gasteiger partial charge >= 0.3 is 0 Å². The summed E-state index contributed by atoms with van der Waals surface area (Å²) in [6.07, 6.45) is 5.34. The summed E-state index contributed by atoms with van der Waals surface area (Å²) in [5.74, 6) is 0.0922. The van der Waals surface area contributed by atoms with Crippen molar-refractivity contribution in [3.05, 3.63) is 71.2 Å². The minimum absolute atomic E-state index is 0.0739. The molecule has 0 radical (unpaired) electrons. The van der Waals surface area contributed by atoms with E-state index in [0.29, 0.717) is 24.1 Å². The van der Waals surface area contributed by atoms with E-state index in [9.17, 15) is 9.59 Å². The van der Waals surface area contributed by atoms with Crippen LogP contribution in [0, 0.1) is 6.92 Å². The Morgan fingerprint density at radius 2 is 1.95 bits per heavy atom. The van der Waals surface area contributed by atoms with E-state index in [1.54, 1.807) is 12.4 Å². The number of aryl methyl sites for hydroxylation is 1. The average Bonchev–Trinajstić information content (AvgIpc) is 3.23. The number of amides is 2. The zero-order chi connectivity index (χ0) is 27.1. The number of pyridine rings is 1. The molecule has 5 rings (SSSR count). The van der Waals surface area contributed by atoms with Crippen LogP contribution < -0.4 is 11.1 Å². The maximum Gasteiger partial charge on any atom is 0.254 e. The summed E-state index contributed by atoms with van der Waals surface area (Å²) in [7, 11) is 0. The summed E-state index contributed by atoms with van der Waals surface area (Å²) >= 11 is 0. The molecule has 0 spiro atoms. The third-order valence-electron chi connectivity index (χ3n) is 6.60. The topological polar surface area (TPSA) is 144 Å². The zero-order valence-corrected chi connectivity index (χ0v) is 21.8. The molecule has 2 aliphatic rings. The van der Waals surface area contributed by atoms with Crippen molar-refractivity contribution < 1.29 is 19.4 Å². The number of nitrogens with two attached hydrogens (primary N) is 1. The molecule has 1 atom stereocenters. The van der Waals surface area contributed by atoms with Crippen molar-refractivity contribution in [2.75, 3.05) is 31.7 Å². The van der Waals surface area contributed by atoms with Crippen LogP contribution in [0.25, 0.3) is 11.3 Å². The third-order valence-corrected chi connectivity index (χ3v) is 6.60. The lowest BCUT2D eigenvalue weighted by Gasteiger charge is -2.23. The fraction of sp³-hybridized carbons (Fsp3) is 0.393. The predicted molar refractivity (Wildman–Crippen MR) is 143 cm³/mol. The lowest BCUT2D eigenvalue weighted by molar-refractivity contribution is -0.118. The highest BCUT2D eigenvalue weighted by Crippen LogP contribution is 2.28. The molecule has 1 saturated heterocycles. The van der Waals surface area contributed by atoms with Crippen LogP contribution >= 0.6 is 0 Å². The molecular formula is C28H34N6O4. The number of nitrogens with one attached hydrogen (secondary N) is 1. The fourth-order valence-corrected chi connectivity index (χ4v) is 4.43. The number of hydrogen-bond acceptors (Lipinski definition) is 8. The largest absolute Gasteiger partial charge is 0.396 e. The minimum atomic E-state index is -0.518. The van der Waals surface area contributed by atoms with E-state index in [4.69, 9.17) is 15.6 Å². The quantitative estimate of drug-likeness (QED) is 0.433. The number of carbonyl (C=O) groups excluding carboxylic acids is 2. The van der Waals surface area contributed by atoms with Crippen molar-refractivity contribution in [2.45, 2.75) is 45.2 Å². The van der Waals surface area contributed by atoms with E-state index in [-0.39, 0.29) is 25.0 Å². The van der Waals surface area contributed by atoms with Crippen molar-refractivity contribution in [2.24, 2.45) is 5.73 Å². The molecule has 2 aliphatic heterocycles. The highest BCUT2D eigenvalue weighted by atomic mass is 16.5. The Labute approximate surface area is 222 Å². The molecule has 2 aromatic heterocycles. The van der Waals surface area contributed by atoms with Gasteiger partial charge in [-0.1, -0.05) is 19.1 Å². The van der Waals surface area contributed by atoms with E-state index < -0.39 is 5.91 Å². The number of nitrogens with zero attached hydrogens (tertiary/aromatic N) is 4. The van der Waals surface area contributed by atoms with Crippen LogP contribution in [0.15, 0.2) is 48.8 Å². The Kier molecular flexibility index (Phi) is 8.98. The monoisotopic (exact) mass is 518 g/mol. The van der Waals surface area contributed by atoms with Gasteiger partial charge in [-0.3, -0.25) is 14.6 Å². The number of rotatable bonds is 7. The number of primary amides is 1. The van der Waals surface area contributed by atoms with Crippen molar-refractivity contribution in [1.82, 2.24) is 19.9 Å². The molecule has 0 saturated carbocycles. The van der Waals surface area contributed by atoms with Crippen molar-refractivity contribution in [1.29, 1.82) is 0 Å². The summed E-state index contributed by atoms with van der Waals surface area (Å²) in [4.78, 5) is 38.1. The van der Waals surface area contributed by atoms with Crippen LogP contribution in [0.2, 0.25) is 0 Å². The standard InChI is InChI=1S/C19H21N5O3.C9H13NO/c20-17(25)11-24-10-13-2-1-12(9-15(13)18(24)26)16-3-6-21-19(23-16)22-14-4-7-27-8-5-14;1-7(6-11)9-3-4-10-8(2)5-9/h1-3,6,9,14H,4-5,7-8,10-11H2,(H2,20,25)(H,21,22,23);3-5,7,11H,6H2,1-2H3. The number of anilines is 1. The van der Waals surface area contributed by atoms with Crippen LogP contribution in [0.5, 0.6) is 0 Å². The van der Waals surface area contributed by atoms with Gasteiger partial charge in [0, 0.05) is 67.5 Å². The van der Waals surface area contributed by atoms with Gasteiger partial charge in [0.05, 0.1) is 12.2 Å². The lowest BCUT2D eigenvalue weighted by Crippen LogP contribution is -2.33. The molecule has 10 nitrogen and oxygen atoms in total. The van der Waals surface area contributed by atoms with Gasteiger partial charge in [-0.25, -0.2) is 9.97 Å². The van der Waals surface area contributed by atoms with Crippen LogP contribution in [-0.2, 0) is 16.1 Å². The number of aliphatic hydroxyl groups excluding tert-OH is 1. The highest BCUT2D eigenvalue weighted by Gasteiger charge is 2.28. The van der Waals surface area contributed by atoms with E-state index in [1.165, 1.54) is 4.90 Å². The molecule has 4 N–H and O–H groups in total. The van der Waals surface area contributed by atoms with Gasteiger partial charge in [0.1, 0.15) is 0 Å². The second kappa shape index (κ2) is 12.6. The summed E-state index contributed by atoms with van der Waals surface area (Å²) in [6, 6.07) is 11.7. The molecule has 0 bridgehead atoms. The van der Waals surface area contributed by atoms with Crippen LogP contribution in [0.3, 0.4) is 0 Å². The molecule has 3 aromatic rings. The molecule has 1 fully saturated rings. The zero-order valence-electron chi connectivity index (χ0n) is 21.8. The summed E-state index contributed by atoms with van der Waals surface area (Å²) in [6.45, 7) is 5.96. The van der Waals surface area contributed by atoms with Gasteiger partial charge in [-0.15, -0.1) is 0 Å². The molecule has 2 amide bonds. The highest BCUT2D eigenvalue weighted by molar-refractivity contribution is 6.01. The Bertz CT molecular complexity index is 1280. The SMILES string of the molecule is Cc1cc(C(C)CO)ccn1.NC(=O)CN1Cc2ccc(-c3ccnc(NC4CCOCC4)n3)cc2C1=O. The molecule has 38 heavy (non-hydrogen) atoms. The first-order valence-corrected chi connectivity index (χ1v) is 12.8. The minimum Gasteiger partial charge on any atom is -0.396 e. The number of benzene rings is 1. The molecule has 0 aliphatic carbocycles. The van der Waals surface area contributed by atoms with Gasteiger partial charge in [-0.05, 0) is 55.2 Å². The van der Waals surface area contributed by atoms with Crippen LogP contribution in [0.4, 0.5) is 5.95 Å². The number of carbonyl (C=O) groups is 2. The van der Waals surface area contributed by atoms with Crippen molar-refractivity contribution >= 4 is 17.8 Å². The maximum atomic E-state index is 12.5. The first kappa shape index (κ1) is 27.2. The van der Waals surface area contributed by atoms with Crippen LogP contribution in [-0.4, -0.2) is 69.2 Å². The Hall–Kier alpha value is -3.89. The number of ether oxygens (including phenoxy) is 1. The molecule has 4 heterocycles. The second-order valence-corrected chi connectivity index (χ2v) is 9.61. The number of aliphatic hydroxyl groups is 1. The first-order chi connectivity index (χ1) is 18.3. The average molecular weight is 519 g/mol. The van der Waals surface area contributed by atoms with Crippen molar-refractivity contribution in [3.63, 3.8) is 0 Å². The number of aromatic nitrogens is 3. The van der Waals surface area contributed by atoms with Gasteiger partial charge in [-0.2, -0.15) is 0 Å². The Morgan fingerprint density at radius 3 is 2.66 bits per heavy atom.